The molecule has 10 heteroatoms. The average Bonchev–Trinajstić information content (AvgIpc) is 3.61. The summed E-state index contributed by atoms with van der Waals surface area (Å²) in [7, 11) is 0. The number of nitrogens with one attached hydrogen (secondary N) is 1. The number of carbonyl (C=O) groups is 2. The number of aromatic nitrogens is 2. The van der Waals surface area contributed by atoms with Gasteiger partial charge in [0.2, 0.25) is 0 Å². The summed E-state index contributed by atoms with van der Waals surface area (Å²) in [5, 5.41) is 9.74. The summed E-state index contributed by atoms with van der Waals surface area (Å²) in [6.07, 6.45) is 1.54. The van der Waals surface area contributed by atoms with Crippen molar-refractivity contribution >= 4 is 28.8 Å². The van der Waals surface area contributed by atoms with Gasteiger partial charge in [0.15, 0.2) is 11.5 Å². The van der Waals surface area contributed by atoms with Crippen LogP contribution in [0.2, 0.25) is 0 Å². The van der Waals surface area contributed by atoms with Gasteiger partial charge in [-0.1, -0.05) is 35.5 Å². The number of hydrogen-bond acceptors (Lipinski definition) is 8. The number of benzene rings is 2. The summed E-state index contributed by atoms with van der Waals surface area (Å²) in [5.41, 5.74) is 2.95. The molecule has 0 saturated carbocycles. The number of ether oxygens (including phenoxy) is 2. The van der Waals surface area contributed by atoms with E-state index in [0.29, 0.717) is 66.2 Å². The number of thiazole rings is 1. The van der Waals surface area contributed by atoms with Gasteiger partial charge in [0.25, 0.3) is 11.8 Å². The van der Waals surface area contributed by atoms with Crippen LogP contribution in [0.3, 0.4) is 0 Å². The number of fused-ring (bicyclic) bond motifs is 1. The van der Waals surface area contributed by atoms with Crippen molar-refractivity contribution in [2.45, 2.75) is 25.7 Å². The van der Waals surface area contributed by atoms with E-state index in [4.69, 9.17) is 14.0 Å². The van der Waals surface area contributed by atoms with E-state index in [9.17, 15) is 9.59 Å². The van der Waals surface area contributed by atoms with Crippen molar-refractivity contribution in [1.29, 1.82) is 0 Å². The number of carbonyl (C=O) groups excluding carboxylic acids is 2. The molecule has 0 aliphatic carbocycles. The van der Waals surface area contributed by atoms with Crippen LogP contribution in [0.25, 0.3) is 11.3 Å². The fraction of sp³-hybridized carbons (Fsp3) is 0.286. The number of piperidine rings is 1. The van der Waals surface area contributed by atoms with Crippen LogP contribution in [0, 0.1) is 6.92 Å². The second-order valence-corrected chi connectivity index (χ2v) is 10.2. The van der Waals surface area contributed by atoms with Crippen LogP contribution in [-0.2, 0) is 0 Å². The third-order valence-corrected chi connectivity index (χ3v) is 7.82. The fourth-order valence-corrected chi connectivity index (χ4v) is 5.77. The van der Waals surface area contributed by atoms with Crippen LogP contribution in [0.15, 0.2) is 58.4 Å². The molecule has 194 valence electrons. The van der Waals surface area contributed by atoms with Gasteiger partial charge in [-0.2, -0.15) is 0 Å². The summed E-state index contributed by atoms with van der Waals surface area (Å²) in [6.45, 7) is 3.97. The molecule has 2 amide bonds. The summed E-state index contributed by atoms with van der Waals surface area (Å²) in [5.74, 6) is 1.66. The Bertz CT molecular complexity index is 1470. The summed E-state index contributed by atoms with van der Waals surface area (Å²) >= 11 is 1.48. The number of nitrogens with zero attached hydrogens (tertiary/aromatic N) is 3. The molecular weight excluding hydrogens is 504 g/mol. The standard InChI is InChI=1S/C28H26N4O5S/c1-17-24(25(31-37-17)18-5-3-2-4-6-18)28(34)32-11-9-19(10-12-32)27-30-21(16-38-27)26(33)29-20-7-8-22-23(15-20)36-14-13-35-22/h2-8,15-16,19H,9-14H2,1H3,(H,29,33). The zero-order chi connectivity index (χ0) is 26.1. The third-order valence-electron chi connectivity index (χ3n) is 6.81. The molecule has 2 aromatic heterocycles. The monoisotopic (exact) mass is 530 g/mol. The van der Waals surface area contributed by atoms with Gasteiger partial charge in [0.1, 0.15) is 35.9 Å². The van der Waals surface area contributed by atoms with Gasteiger partial charge in [-0.05, 0) is 31.9 Å². The first kappa shape index (κ1) is 24.2. The average molecular weight is 531 g/mol. The molecule has 0 radical (unpaired) electrons. The largest absolute Gasteiger partial charge is 0.486 e. The van der Waals surface area contributed by atoms with Crippen LogP contribution in [0.1, 0.15) is 50.4 Å². The van der Waals surface area contributed by atoms with Crippen LogP contribution in [0.5, 0.6) is 11.5 Å². The van der Waals surface area contributed by atoms with E-state index < -0.39 is 0 Å². The second kappa shape index (κ2) is 10.3. The minimum atomic E-state index is -0.270. The van der Waals surface area contributed by atoms with Gasteiger partial charge >= 0.3 is 0 Å². The van der Waals surface area contributed by atoms with E-state index in [-0.39, 0.29) is 17.7 Å². The van der Waals surface area contributed by atoms with Gasteiger partial charge < -0.3 is 24.2 Å². The molecule has 0 atom stereocenters. The van der Waals surface area contributed by atoms with Crippen molar-refractivity contribution in [1.82, 2.24) is 15.0 Å². The van der Waals surface area contributed by atoms with Gasteiger partial charge in [0.05, 0.1) is 5.01 Å². The first-order valence-corrected chi connectivity index (χ1v) is 13.4. The van der Waals surface area contributed by atoms with Crippen molar-refractivity contribution in [2.75, 3.05) is 31.6 Å². The lowest BCUT2D eigenvalue weighted by atomic mass is 9.96. The van der Waals surface area contributed by atoms with E-state index in [1.165, 1.54) is 11.3 Å². The number of rotatable bonds is 5. The Morgan fingerprint density at radius 3 is 2.58 bits per heavy atom. The molecule has 0 bridgehead atoms. The van der Waals surface area contributed by atoms with Crippen LogP contribution < -0.4 is 14.8 Å². The Balaban J connectivity index is 1.09. The first-order valence-electron chi connectivity index (χ1n) is 12.5. The maximum absolute atomic E-state index is 13.4. The molecule has 1 saturated heterocycles. The number of amides is 2. The molecular formula is C28H26N4O5S. The Labute approximate surface area is 223 Å². The highest BCUT2D eigenvalue weighted by molar-refractivity contribution is 7.10. The number of hydrogen-bond donors (Lipinski definition) is 1. The Kier molecular flexibility index (Phi) is 6.55. The lowest BCUT2D eigenvalue weighted by Gasteiger charge is -2.31. The molecule has 1 N–H and O–H groups in total. The number of anilines is 1. The first-order chi connectivity index (χ1) is 18.6. The lowest BCUT2D eigenvalue weighted by Crippen LogP contribution is -2.38. The smallest absolute Gasteiger partial charge is 0.275 e. The molecule has 9 nitrogen and oxygen atoms in total. The van der Waals surface area contributed by atoms with Crippen molar-refractivity contribution in [2.24, 2.45) is 0 Å². The normalized spacial score (nSPS) is 15.3. The third kappa shape index (κ3) is 4.74. The summed E-state index contributed by atoms with van der Waals surface area (Å²) < 4.78 is 16.5. The van der Waals surface area contributed by atoms with E-state index in [1.54, 1.807) is 30.5 Å². The molecule has 2 aliphatic rings. The van der Waals surface area contributed by atoms with Crippen molar-refractivity contribution in [3.05, 3.63) is 75.9 Å². The molecule has 1 fully saturated rings. The highest BCUT2D eigenvalue weighted by atomic mass is 32.1. The molecule has 0 spiro atoms. The Morgan fingerprint density at radius 1 is 1.03 bits per heavy atom. The fourth-order valence-electron chi connectivity index (χ4n) is 4.80. The van der Waals surface area contributed by atoms with Crippen LogP contribution in [0.4, 0.5) is 5.69 Å². The van der Waals surface area contributed by atoms with E-state index >= 15 is 0 Å². The molecule has 2 aliphatic heterocycles. The second-order valence-electron chi connectivity index (χ2n) is 9.28. The molecule has 4 aromatic rings. The predicted octanol–water partition coefficient (Wildman–Crippen LogP) is 5.15. The predicted molar refractivity (Wildman–Crippen MR) is 142 cm³/mol. The molecule has 38 heavy (non-hydrogen) atoms. The van der Waals surface area contributed by atoms with Crippen molar-refractivity contribution in [3.63, 3.8) is 0 Å². The highest BCUT2D eigenvalue weighted by Gasteiger charge is 2.31. The molecule has 6 rings (SSSR count). The van der Waals surface area contributed by atoms with Crippen molar-refractivity contribution in [3.8, 4) is 22.8 Å². The summed E-state index contributed by atoms with van der Waals surface area (Å²) in [6, 6.07) is 14.9. The molecule has 2 aromatic carbocycles. The van der Waals surface area contributed by atoms with E-state index in [0.717, 1.165) is 23.4 Å². The lowest BCUT2D eigenvalue weighted by molar-refractivity contribution is 0.0711. The van der Waals surface area contributed by atoms with Gasteiger partial charge in [-0.3, -0.25) is 9.59 Å². The number of aryl methyl sites for hydroxylation is 1. The van der Waals surface area contributed by atoms with Gasteiger partial charge in [-0.15, -0.1) is 11.3 Å². The van der Waals surface area contributed by atoms with E-state index in [1.807, 2.05) is 35.2 Å². The van der Waals surface area contributed by atoms with Crippen molar-refractivity contribution < 1.29 is 23.6 Å². The maximum Gasteiger partial charge on any atom is 0.275 e. The van der Waals surface area contributed by atoms with E-state index in [2.05, 4.69) is 15.5 Å². The highest BCUT2D eigenvalue weighted by Crippen LogP contribution is 2.34. The van der Waals surface area contributed by atoms with Gasteiger partial charge in [-0.25, -0.2) is 4.98 Å². The van der Waals surface area contributed by atoms with Gasteiger partial charge in [0, 0.05) is 41.7 Å². The zero-order valence-corrected chi connectivity index (χ0v) is 21.6. The minimum Gasteiger partial charge on any atom is -0.486 e. The topological polar surface area (TPSA) is 107 Å². The van der Waals surface area contributed by atoms with Crippen LogP contribution >= 0.6 is 11.3 Å². The zero-order valence-electron chi connectivity index (χ0n) is 20.8. The molecule has 4 heterocycles. The summed E-state index contributed by atoms with van der Waals surface area (Å²) in [4.78, 5) is 32.7. The SMILES string of the molecule is Cc1onc(-c2ccccc2)c1C(=O)N1CCC(c2nc(C(=O)Nc3ccc4c(c3)OCCO4)cs2)CC1. The minimum absolute atomic E-state index is 0.0697. The van der Waals surface area contributed by atoms with Crippen LogP contribution in [-0.4, -0.2) is 53.2 Å². The maximum atomic E-state index is 13.4. The Hall–Kier alpha value is -4.18. The quantitative estimate of drug-likeness (QED) is 0.380. The molecule has 0 unspecified atom stereocenters. The Morgan fingerprint density at radius 2 is 1.79 bits per heavy atom. The number of likely N-dealkylation sites (tertiary alicyclic amines) is 1.